The van der Waals surface area contributed by atoms with Crippen molar-refractivity contribution < 1.29 is 14.3 Å². The first-order valence-corrected chi connectivity index (χ1v) is 9.26. The number of aryl methyl sites for hydroxylation is 1. The monoisotopic (exact) mass is 394 g/mol. The number of nitrogens with one attached hydrogen (secondary N) is 2. The number of hydrogen-bond acceptors (Lipinski definition) is 4. The topological polar surface area (TPSA) is 59.6 Å². The minimum Gasteiger partial charge on any atom is -0.454 e. The molecule has 3 aromatic rings. The molecule has 0 bridgehead atoms. The molecule has 142 valence electrons. The van der Waals surface area contributed by atoms with Gasteiger partial charge in [-0.2, -0.15) is 0 Å². The maximum Gasteiger partial charge on any atom is 0.251 e. The Kier molecular flexibility index (Phi) is 5.08. The zero-order valence-corrected chi connectivity index (χ0v) is 16.0. The van der Waals surface area contributed by atoms with Crippen molar-refractivity contribution in [3.63, 3.8) is 0 Å². The summed E-state index contributed by atoms with van der Waals surface area (Å²) in [6.45, 7) is 2.12. The molecule has 28 heavy (non-hydrogen) atoms. The third-order valence-corrected chi connectivity index (χ3v) is 4.93. The van der Waals surface area contributed by atoms with Crippen LogP contribution in [-0.2, 0) is 4.79 Å². The summed E-state index contributed by atoms with van der Waals surface area (Å²) in [6, 6.07) is 19.9. The second-order valence-corrected chi connectivity index (χ2v) is 6.92. The van der Waals surface area contributed by atoms with E-state index in [1.807, 2.05) is 67.6 Å². The van der Waals surface area contributed by atoms with Crippen LogP contribution in [0.5, 0.6) is 11.5 Å². The first kappa shape index (κ1) is 18.2. The van der Waals surface area contributed by atoms with Gasteiger partial charge in [-0.15, -0.1) is 0 Å². The van der Waals surface area contributed by atoms with Gasteiger partial charge in [-0.25, -0.2) is 0 Å². The van der Waals surface area contributed by atoms with Gasteiger partial charge in [-0.1, -0.05) is 48.0 Å². The van der Waals surface area contributed by atoms with E-state index in [1.165, 1.54) is 0 Å². The number of amides is 1. The van der Waals surface area contributed by atoms with Crippen molar-refractivity contribution in [2.24, 2.45) is 0 Å². The second kappa shape index (κ2) is 7.82. The minimum atomic E-state index is -0.596. The van der Waals surface area contributed by atoms with E-state index in [1.54, 1.807) is 6.07 Å². The van der Waals surface area contributed by atoms with Crippen molar-refractivity contribution in [3.05, 3.63) is 82.9 Å². The molecule has 0 saturated carbocycles. The van der Waals surface area contributed by atoms with E-state index in [0.717, 1.165) is 16.8 Å². The molecule has 0 saturated heterocycles. The van der Waals surface area contributed by atoms with Crippen LogP contribution < -0.4 is 20.1 Å². The van der Waals surface area contributed by atoms with Gasteiger partial charge in [0.25, 0.3) is 5.91 Å². The zero-order chi connectivity index (χ0) is 19.5. The average Bonchev–Trinajstić information content (AvgIpc) is 3.17. The number of carbonyl (C=O) groups is 1. The molecule has 0 aliphatic carbocycles. The number of fused-ring (bicyclic) bond motifs is 1. The lowest BCUT2D eigenvalue weighted by atomic mass is 10.1. The highest BCUT2D eigenvalue weighted by Crippen LogP contribution is 2.35. The highest BCUT2D eigenvalue weighted by molar-refractivity contribution is 6.31. The molecule has 1 aliphatic rings. The second-order valence-electron chi connectivity index (χ2n) is 6.51. The molecule has 1 heterocycles. The molecule has 1 aliphatic heterocycles. The van der Waals surface area contributed by atoms with Crippen molar-refractivity contribution in [1.82, 2.24) is 0 Å². The predicted octanol–water partition coefficient (Wildman–Crippen LogP) is 5.17. The van der Waals surface area contributed by atoms with E-state index in [-0.39, 0.29) is 12.7 Å². The smallest absolute Gasteiger partial charge is 0.251 e. The molecule has 2 N–H and O–H groups in total. The molecule has 5 nitrogen and oxygen atoms in total. The number of carbonyl (C=O) groups excluding carboxylic acids is 1. The number of benzene rings is 3. The summed E-state index contributed by atoms with van der Waals surface area (Å²) >= 11 is 6.19. The summed E-state index contributed by atoms with van der Waals surface area (Å²) in [4.78, 5) is 13.1. The van der Waals surface area contributed by atoms with Gasteiger partial charge in [0.05, 0.1) is 0 Å². The normalized spacial score (nSPS) is 13.1. The van der Waals surface area contributed by atoms with Crippen molar-refractivity contribution in [3.8, 4) is 11.5 Å². The highest BCUT2D eigenvalue weighted by atomic mass is 35.5. The van der Waals surface area contributed by atoms with Gasteiger partial charge in [0.1, 0.15) is 6.04 Å². The molecule has 3 aromatic carbocycles. The molecular weight excluding hydrogens is 376 g/mol. The lowest BCUT2D eigenvalue weighted by molar-refractivity contribution is -0.117. The average molecular weight is 395 g/mol. The quantitative estimate of drug-likeness (QED) is 0.626. The SMILES string of the molecule is Cc1ccc(NC(=O)[C@@H](Nc2ccc3c(c2)OCO3)c2ccccc2)cc1Cl. The van der Waals surface area contributed by atoms with E-state index in [4.69, 9.17) is 21.1 Å². The fourth-order valence-corrected chi connectivity index (χ4v) is 3.16. The molecule has 0 unspecified atom stereocenters. The van der Waals surface area contributed by atoms with E-state index in [0.29, 0.717) is 22.2 Å². The third-order valence-electron chi connectivity index (χ3n) is 4.52. The Labute approximate surface area is 168 Å². The van der Waals surface area contributed by atoms with Crippen LogP contribution in [0, 0.1) is 6.92 Å². The largest absolute Gasteiger partial charge is 0.454 e. The van der Waals surface area contributed by atoms with Gasteiger partial charge in [0.2, 0.25) is 6.79 Å². The Bertz CT molecular complexity index is 1010. The van der Waals surface area contributed by atoms with Crippen molar-refractivity contribution >= 4 is 28.9 Å². The van der Waals surface area contributed by atoms with E-state index >= 15 is 0 Å². The van der Waals surface area contributed by atoms with Crippen LogP contribution in [0.3, 0.4) is 0 Å². The van der Waals surface area contributed by atoms with Crippen LogP contribution in [-0.4, -0.2) is 12.7 Å². The van der Waals surface area contributed by atoms with Crippen LogP contribution in [0.1, 0.15) is 17.2 Å². The molecular formula is C22H19ClN2O3. The minimum absolute atomic E-state index is 0.191. The fourth-order valence-electron chi connectivity index (χ4n) is 2.98. The molecule has 0 radical (unpaired) electrons. The van der Waals surface area contributed by atoms with Crippen molar-refractivity contribution in [1.29, 1.82) is 0 Å². The van der Waals surface area contributed by atoms with Gasteiger partial charge < -0.3 is 20.1 Å². The van der Waals surface area contributed by atoms with Crippen LogP contribution in [0.25, 0.3) is 0 Å². The maximum absolute atomic E-state index is 13.1. The molecule has 1 atom stereocenters. The Hall–Kier alpha value is -3.18. The summed E-state index contributed by atoms with van der Waals surface area (Å²) in [7, 11) is 0. The first-order valence-electron chi connectivity index (χ1n) is 8.88. The number of ether oxygens (including phenoxy) is 2. The third kappa shape index (κ3) is 3.89. The van der Waals surface area contributed by atoms with E-state index < -0.39 is 6.04 Å². The summed E-state index contributed by atoms with van der Waals surface area (Å²) in [5, 5.41) is 6.84. The maximum atomic E-state index is 13.1. The molecule has 0 aromatic heterocycles. The van der Waals surface area contributed by atoms with Crippen LogP contribution >= 0.6 is 11.6 Å². The highest BCUT2D eigenvalue weighted by Gasteiger charge is 2.22. The number of anilines is 2. The Morgan fingerprint density at radius 2 is 1.71 bits per heavy atom. The van der Waals surface area contributed by atoms with Gasteiger partial charge in [-0.3, -0.25) is 4.79 Å². The van der Waals surface area contributed by atoms with Crippen LogP contribution in [0.15, 0.2) is 66.7 Å². The van der Waals surface area contributed by atoms with Gasteiger partial charge in [0, 0.05) is 22.5 Å². The molecule has 0 fully saturated rings. The van der Waals surface area contributed by atoms with Gasteiger partial charge in [0.15, 0.2) is 11.5 Å². The van der Waals surface area contributed by atoms with E-state index in [9.17, 15) is 4.79 Å². The Balaban J connectivity index is 1.60. The standard InChI is InChI=1S/C22H19ClN2O3/c1-14-7-8-16(11-18(14)23)25-22(26)21(15-5-3-2-4-6-15)24-17-9-10-19-20(12-17)28-13-27-19/h2-12,21,24H,13H2,1H3,(H,25,26)/t21-/m0/s1. The van der Waals surface area contributed by atoms with Crippen LogP contribution in [0.4, 0.5) is 11.4 Å². The fraction of sp³-hybridized carbons (Fsp3) is 0.136. The summed E-state index contributed by atoms with van der Waals surface area (Å²) in [6.07, 6.45) is 0. The van der Waals surface area contributed by atoms with Crippen molar-refractivity contribution in [2.45, 2.75) is 13.0 Å². The molecule has 1 amide bonds. The van der Waals surface area contributed by atoms with Gasteiger partial charge in [-0.05, 0) is 42.3 Å². The molecule has 4 rings (SSSR count). The first-order chi connectivity index (χ1) is 13.6. The number of hydrogen-bond donors (Lipinski definition) is 2. The lowest BCUT2D eigenvalue weighted by Crippen LogP contribution is -2.27. The summed E-state index contributed by atoms with van der Waals surface area (Å²) in [5.41, 5.74) is 3.21. The lowest BCUT2D eigenvalue weighted by Gasteiger charge is -2.20. The summed E-state index contributed by atoms with van der Waals surface area (Å²) in [5.74, 6) is 1.16. The van der Waals surface area contributed by atoms with E-state index in [2.05, 4.69) is 10.6 Å². The molecule has 6 heteroatoms. The Morgan fingerprint density at radius 3 is 2.50 bits per heavy atom. The van der Waals surface area contributed by atoms with Crippen molar-refractivity contribution in [2.75, 3.05) is 17.4 Å². The number of rotatable bonds is 5. The summed E-state index contributed by atoms with van der Waals surface area (Å²) < 4.78 is 10.8. The zero-order valence-electron chi connectivity index (χ0n) is 15.2. The predicted molar refractivity (Wildman–Crippen MR) is 110 cm³/mol. The Morgan fingerprint density at radius 1 is 0.964 bits per heavy atom. The van der Waals surface area contributed by atoms with Gasteiger partial charge >= 0.3 is 0 Å². The molecule has 0 spiro atoms. The number of halogens is 1. The van der Waals surface area contributed by atoms with Crippen LogP contribution in [0.2, 0.25) is 5.02 Å².